The highest BCUT2D eigenvalue weighted by Gasteiger charge is 2.57. The van der Waals surface area contributed by atoms with Crippen molar-refractivity contribution in [3.63, 3.8) is 0 Å². The lowest BCUT2D eigenvalue weighted by molar-refractivity contribution is -0.331. The molecule has 0 aromatic heterocycles. The Kier molecular flexibility index (Phi) is 6.34. The molecule has 1 aromatic carbocycles. The van der Waals surface area contributed by atoms with Gasteiger partial charge in [-0.25, -0.2) is 0 Å². The van der Waals surface area contributed by atoms with Crippen molar-refractivity contribution in [1.29, 1.82) is 0 Å². The second-order valence-electron chi connectivity index (χ2n) is 8.58. The highest BCUT2D eigenvalue weighted by Crippen LogP contribution is 2.46. The summed E-state index contributed by atoms with van der Waals surface area (Å²) in [4.78, 5) is 2.34. The van der Waals surface area contributed by atoms with Crippen LogP contribution >= 0.6 is 0 Å². The molecule has 0 radical (unpaired) electrons. The first-order valence-electron chi connectivity index (χ1n) is 9.45. The lowest BCUT2D eigenvalue weighted by Crippen LogP contribution is -2.70. The summed E-state index contributed by atoms with van der Waals surface area (Å²) in [6, 6.07) is 8.19. The van der Waals surface area contributed by atoms with Crippen LogP contribution in [0.3, 0.4) is 0 Å². The van der Waals surface area contributed by atoms with E-state index in [1.165, 1.54) is 0 Å². The molecule has 146 valence electrons. The quantitative estimate of drug-likeness (QED) is 0.738. The summed E-state index contributed by atoms with van der Waals surface area (Å²) in [6.07, 6.45) is 3.05. The zero-order valence-electron chi connectivity index (χ0n) is 17.2. The Morgan fingerprint density at radius 3 is 2.31 bits per heavy atom. The number of ether oxygens (including phenoxy) is 2. The fraction of sp³-hybridized carbons (Fsp3) is 0.636. The van der Waals surface area contributed by atoms with Crippen LogP contribution in [0.15, 0.2) is 30.8 Å². The third-order valence-electron chi connectivity index (χ3n) is 5.99. The fourth-order valence-corrected chi connectivity index (χ4v) is 3.70. The lowest BCUT2D eigenvalue weighted by Gasteiger charge is -2.60. The minimum Gasteiger partial charge on any atom is -0.391 e. The van der Waals surface area contributed by atoms with Gasteiger partial charge < -0.3 is 14.6 Å². The van der Waals surface area contributed by atoms with Crippen LogP contribution in [-0.4, -0.2) is 46.6 Å². The van der Waals surface area contributed by atoms with Gasteiger partial charge in [-0.3, -0.25) is 4.90 Å². The molecule has 2 atom stereocenters. The van der Waals surface area contributed by atoms with Crippen LogP contribution in [0.25, 0.3) is 6.08 Å². The van der Waals surface area contributed by atoms with Crippen LogP contribution in [0.5, 0.6) is 0 Å². The van der Waals surface area contributed by atoms with Crippen molar-refractivity contribution in [3.05, 3.63) is 42.0 Å². The minimum absolute atomic E-state index is 0.0656. The maximum absolute atomic E-state index is 9.78. The molecule has 1 aliphatic rings. The number of nitrogens with zero attached hydrogens (tertiary/aromatic N) is 1. The van der Waals surface area contributed by atoms with Crippen LogP contribution in [-0.2, 0) is 16.1 Å². The maximum Gasteiger partial charge on any atom is 0.186 e. The first-order chi connectivity index (χ1) is 12.0. The van der Waals surface area contributed by atoms with Gasteiger partial charge in [0.1, 0.15) is 0 Å². The number of aliphatic hydroxyl groups is 1. The standard InChI is InChI=1S/C22H35NO3/c1-8-18-9-11-19(12-10-18)16-26-22(25-15-17(2)24)14-13-20(3,4)23(7)21(22,5)6/h8-12,17,24H,1,13-16H2,2-7H3. The summed E-state index contributed by atoms with van der Waals surface area (Å²) in [7, 11) is 2.13. The largest absolute Gasteiger partial charge is 0.391 e. The molecule has 0 amide bonds. The number of rotatable bonds is 7. The van der Waals surface area contributed by atoms with E-state index in [2.05, 4.69) is 58.4 Å². The van der Waals surface area contributed by atoms with Crippen molar-refractivity contribution in [1.82, 2.24) is 4.90 Å². The third-order valence-corrected chi connectivity index (χ3v) is 5.99. The predicted molar refractivity (Wildman–Crippen MR) is 107 cm³/mol. The third kappa shape index (κ3) is 4.20. The van der Waals surface area contributed by atoms with Crippen molar-refractivity contribution in [3.8, 4) is 0 Å². The zero-order chi connectivity index (χ0) is 19.6. The molecule has 2 unspecified atom stereocenters. The lowest BCUT2D eigenvalue weighted by atomic mass is 9.75. The van der Waals surface area contributed by atoms with Crippen LogP contribution in [0.2, 0.25) is 0 Å². The van der Waals surface area contributed by atoms with Crippen molar-refractivity contribution in [2.75, 3.05) is 13.7 Å². The van der Waals surface area contributed by atoms with E-state index in [1.54, 1.807) is 6.92 Å². The number of likely N-dealkylation sites (tertiary alicyclic amines) is 1. The number of aliphatic hydroxyl groups excluding tert-OH is 1. The smallest absolute Gasteiger partial charge is 0.186 e. The molecule has 0 spiro atoms. The van der Waals surface area contributed by atoms with Crippen molar-refractivity contribution in [2.45, 2.75) is 77.0 Å². The highest BCUT2D eigenvalue weighted by molar-refractivity contribution is 5.47. The first kappa shape index (κ1) is 21.1. The Morgan fingerprint density at radius 2 is 1.77 bits per heavy atom. The normalized spacial score (nSPS) is 26.4. The maximum atomic E-state index is 9.78. The molecule has 0 aliphatic carbocycles. The van der Waals surface area contributed by atoms with E-state index < -0.39 is 11.9 Å². The van der Waals surface area contributed by atoms with Crippen molar-refractivity contribution < 1.29 is 14.6 Å². The van der Waals surface area contributed by atoms with Gasteiger partial charge in [-0.2, -0.15) is 0 Å². The minimum atomic E-state index is -0.772. The zero-order valence-corrected chi connectivity index (χ0v) is 17.2. The van der Waals surface area contributed by atoms with Crippen molar-refractivity contribution in [2.24, 2.45) is 0 Å². The van der Waals surface area contributed by atoms with E-state index in [0.29, 0.717) is 6.61 Å². The van der Waals surface area contributed by atoms with E-state index in [9.17, 15) is 5.11 Å². The van der Waals surface area contributed by atoms with Gasteiger partial charge in [0.15, 0.2) is 5.79 Å². The van der Waals surface area contributed by atoms with Gasteiger partial charge in [-0.1, -0.05) is 36.9 Å². The molecule has 1 N–H and O–H groups in total. The van der Waals surface area contributed by atoms with Crippen LogP contribution in [0, 0.1) is 0 Å². The Labute approximate surface area is 158 Å². The summed E-state index contributed by atoms with van der Waals surface area (Å²) in [5, 5.41) is 9.78. The molecule has 0 saturated carbocycles. The van der Waals surface area contributed by atoms with Gasteiger partial charge in [0.05, 0.1) is 24.9 Å². The van der Waals surface area contributed by atoms with E-state index in [-0.39, 0.29) is 17.7 Å². The Morgan fingerprint density at radius 1 is 1.15 bits per heavy atom. The molecule has 1 saturated heterocycles. The van der Waals surface area contributed by atoms with Gasteiger partial charge in [-0.15, -0.1) is 0 Å². The Bertz CT molecular complexity index is 602. The van der Waals surface area contributed by atoms with Crippen LogP contribution in [0.1, 0.15) is 58.6 Å². The summed E-state index contributed by atoms with van der Waals surface area (Å²) >= 11 is 0. The van der Waals surface area contributed by atoms with Crippen LogP contribution in [0.4, 0.5) is 0 Å². The summed E-state index contributed by atoms with van der Waals surface area (Å²) < 4.78 is 12.7. The van der Waals surface area contributed by atoms with Crippen LogP contribution < -0.4 is 0 Å². The number of hydrogen-bond donors (Lipinski definition) is 1. The van der Waals surface area contributed by atoms with E-state index in [1.807, 2.05) is 18.2 Å². The SMILES string of the molecule is C=Cc1ccc(COC2(OCC(C)O)CCC(C)(C)N(C)C2(C)C)cc1. The van der Waals surface area contributed by atoms with Gasteiger partial charge in [0.2, 0.25) is 0 Å². The second-order valence-corrected chi connectivity index (χ2v) is 8.58. The molecule has 4 nitrogen and oxygen atoms in total. The Hall–Kier alpha value is -1.20. The van der Waals surface area contributed by atoms with Crippen molar-refractivity contribution >= 4 is 6.08 Å². The van der Waals surface area contributed by atoms with Gasteiger partial charge in [-0.05, 0) is 59.2 Å². The summed E-state index contributed by atoms with van der Waals surface area (Å²) in [6.45, 7) is 15.1. The monoisotopic (exact) mass is 361 g/mol. The molecule has 1 heterocycles. The molecule has 2 rings (SSSR count). The van der Waals surface area contributed by atoms with E-state index >= 15 is 0 Å². The average Bonchev–Trinajstić information content (AvgIpc) is 2.59. The first-order valence-corrected chi connectivity index (χ1v) is 9.45. The molecular weight excluding hydrogens is 326 g/mol. The summed E-state index contributed by atoms with van der Waals surface area (Å²) in [5.74, 6) is -0.772. The predicted octanol–water partition coefficient (Wildman–Crippen LogP) is 4.22. The average molecular weight is 362 g/mol. The molecular formula is C22H35NO3. The van der Waals surface area contributed by atoms with E-state index in [4.69, 9.17) is 9.47 Å². The number of hydrogen-bond acceptors (Lipinski definition) is 4. The number of likely N-dealkylation sites (N-methyl/N-ethyl adjacent to an activating group) is 1. The molecule has 1 aliphatic heterocycles. The molecule has 26 heavy (non-hydrogen) atoms. The van der Waals surface area contributed by atoms with Gasteiger partial charge >= 0.3 is 0 Å². The Balaban J connectivity index is 2.25. The highest BCUT2D eigenvalue weighted by atomic mass is 16.7. The molecule has 0 bridgehead atoms. The molecule has 1 fully saturated rings. The van der Waals surface area contributed by atoms with Gasteiger partial charge in [0.25, 0.3) is 0 Å². The fourth-order valence-electron chi connectivity index (χ4n) is 3.70. The summed E-state index contributed by atoms with van der Waals surface area (Å²) in [5.41, 5.74) is 1.91. The molecule has 4 heteroatoms. The van der Waals surface area contributed by atoms with Gasteiger partial charge in [0, 0.05) is 12.0 Å². The topological polar surface area (TPSA) is 41.9 Å². The number of benzene rings is 1. The second kappa shape index (κ2) is 7.81. The molecule has 1 aromatic rings. The number of piperidine rings is 1. The van der Waals surface area contributed by atoms with E-state index in [0.717, 1.165) is 24.0 Å².